The molecule has 2 N–H and O–H groups in total. The summed E-state index contributed by atoms with van der Waals surface area (Å²) < 4.78 is 0. The van der Waals surface area contributed by atoms with Crippen molar-refractivity contribution in [3.8, 4) is 22.3 Å². The molecule has 51 heavy (non-hydrogen) atoms. The fourth-order valence-electron chi connectivity index (χ4n) is 5.82. The fraction of sp³-hybridized carbons (Fsp3) is 0.0714. The molecule has 0 bridgehead atoms. The molecule has 254 valence electrons. The minimum absolute atomic E-state index is 0.0777. The fourth-order valence-corrected chi connectivity index (χ4v) is 6.48. The number of carboxylic acid groups (broad SMARTS) is 1. The van der Waals surface area contributed by atoms with Crippen molar-refractivity contribution in [2.45, 2.75) is 19.0 Å². The van der Waals surface area contributed by atoms with E-state index in [4.69, 9.17) is 34.8 Å². The monoisotopic (exact) mass is 732 g/mol. The Morgan fingerprint density at radius 3 is 1.71 bits per heavy atom. The first-order chi connectivity index (χ1) is 24.7. The van der Waals surface area contributed by atoms with Crippen LogP contribution in [0, 0.1) is 0 Å². The van der Waals surface area contributed by atoms with Crippen LogP contribution in [-0.4, -0.2) is 22.9 Å². The Balaban J connectivity index is 1.36. The van der Waals surface area contributed by atoms with Crippen LogP contribution in [-0.2, 0) is 11.3 Å². The van der Waals surface area contributed by atoms with Crippen LogP contribution in [0.5, 0.6) is 0 Å². The maximum Gasteiger partial charge on any atom is 0.305 e. The van der Waals surface area contributed by atoms with Crippen LogP contribution < -0.4 is 10.2 Å². The number of benzene rings is 6. The Kier molecular flexibility index (Phi) is 11.2. The van der Waals surface area contributed by atoms with E-state index in [1.54, 1.807) is 30.3 Å². The first kappa shape index (κ1) is 35.4. The second-order valence-corrected chi connectivity index (χ2v) is 13.1. The van der Waals surface area contributed by atoms with Gasteiger partial charge in [0.05, 0.1) is 40.8 Å². The number of halogens is 3. The zero-order chi connectivity index (χ0) is 35.9. The van der Waals surface area contributed by atoms with E-state index >= 15 is 0 Å². The Bertz CT molecular complexity index is 2180. The van der Waals surface area contributed by atoms with E-state index in [0.29, 0.717) is 10.6 Å². The van der Waals surface area contributed by atoms with Crippen molar-refractivity contribution < 1.29 is 19.5 Å². The molecule has 6 rings (SSSR count). The van der Waals surface area contributed by atoms with Gasteiger partial charge in [-0.25, -0.2) is 0 Å². The first-order valence-electron chi connectivity index (χ1n) is 16.0. The molecular weight excluding hydrogens is 703 g/mol. The molecule has 0 heterocycles. The summed E-state index contributed by atoms with van der Waals surface area (Å²) >= 11 is 19.1. The number of carbonyl (C=O) groups is 3. The first-order valence-corrected chi connectivity index (χ1v) is 17.2. The van der Waals surface area contributed by atoms with Crippen molar-refractivity contribution in [2.75, 3.05) is 4.90 Å². The predicted octanol–water partition coefficient (Wildman–Crippen LogP) is 10.8. The lowest BCUT2D eigenvalue weighted by molar-refractivity contribution is -0.137. The van der Waals surface area contributed by atoms with Gasteiger partial charge in [0.1, 0.15) is 0 Å². The number of carboxylic acids is 1. The van der Waals surface area contributed by atoms with Gasteiger partial charge < -0.3 is 15.3 Å². The van der Waals surface area contributed by atoms with Crippen molar-refractivity contribution in [3.63, 3.8) is 0 Å². The summed E-state index contributed by atoms with van der Waals surface area (Å²) in [5, 5.41) is 13.5. The van der Waals surface area contributed by atoms with E-state index in [1.165, 1.54) is 23.1 Å². The molecule has 0 saturated heterocycles. The van der Waals surface area contributed by atoms with Gasteiger partial charge in [-0.3, -0.25) is 14.4 Å². The van der Waals surface area contributed by atoms with Crippen LogP contribution >= 0.6 is 34.8 Å². The van der Waals surface area contributed by atoms with Crippen molar-refractivity contribution in [1.29, 1.82) is 0 Å². The van der Waals surface area contributed by atoms with E-state index in [2.05, 4.69) is 5.32 Å². The molecule has 1 unspecified atom stereocenters. The summed E-state index contributed by atoms with van der Waals surface area (Å²) in [6.07, 6.45) is -0.372. The van der Waals surface area contributed by atoms with Crippen LogP contribution in [0.25, 0.3) is 22.3 Å². The van der Waals surface area contributed by atoms with Crippen molar-refractivity contribution in [1.82, 2.24) is 5.32 Å². The van der Waals surface area contributed by atoms with E-state index in [9.17, 15) is 19.5 Å². The average Bonchev–Trinajstić information content (AvgIpc) is 3.14. The number of aliphatic carboxylic acids is 1. The summed E-state index contributed by atoms with van der Waals surface area (Å²) in [5.41, 5.74) is 5.93. The normalized spacial score (nSPS) is 11.4. The zero-order valence-corrected chi connectivity index (χ0v) is 29.4. The van der Waals surface area contributed by atoms with Crippen LogP contribution in [0.15, 0.2) is 146 Å². The van der Waals surface area contributed by atoms with Gasteiger partial charge >= 0.3 is 5.97 Å². The molecule has 6 aromatic rings. The smallest absolute Gasteiger partial charge is 0.305 e. The predicted molar refractivity (Wildman–Crippen MR) is 205 cm³/mol. The van der Waals surface area contributed by atoms with Crippen molar-refractivity contribution in [3.05, 3.63) is 183 Å². The molecule has 0 saturated carbocycles. The maximum atomic E-state index is 14.3. The van der Waals surface area contributed by atoms with Gasteiger partial charge in [-0.05, 0) is 69.8 Å². The van der Waals surface area contributed by atoms with Crippen molar-refractivity contribution in [2.24, 2.45) is 0 Å². The van der Waals surface area contributed by atoms with Gasteiger partial charge in [-0.15, -0.1) is 0 Å². The lowest BCUT2D eigenvalue weighted by atomic mass is 9.98. The molecule has 2 amide bonds. The highest BCUT2D eigenvalue weighted by atomic mass is 35.5. The number of carbonyl (C=O) groups excluding carboxylic acids is 2. The van der Waals surface area contributed by atoms with Crippen molar-refractivity contribution >= 4 is 58.3 Å². The third-order valence-electron chi connectivity index (χ3n) is 8.41. The van der Waals surface area contributed by atoms with Gasteiger partial charge in [0.2, 0.25) is 0 Å². The molecule has 0 radical (unpaired) electrons. The van der Waals surface area contributed by atoms with Gasteiger partial charge in [-0.2, -0.15) is 0 Å². The quantitative estimate of drug-likeness (QED) is 0.139. The summed E-state index contributed by atoms with van der Waals surface area (Å²) in [7, 11) is 0. The number of nitrogens with one attached hydrogen (secondary N) is 1. The number of hydrogen-bond acceptors (Lipinski definition) is 3. The van der Waals surface area contributed by atoms with Gasteiger partial charge in [0.15, 0.2) is 0 Å². The molecule has 0 spiro atoms. The second-order valence-electron chi connectivity index (χ2n) is 11.9. The SMILES string of the molecule is O=C(O)CC(NC(=O)c1cc(Cl)ccc1N(Cc1ccc(-c2ccccc2)cc1)C(=O)c1ccc(Cl)cc1Cl)c1ccc(-c2ccccc2)cc1. The highest BCUT2D eigenvalue weighted by Gasteiger charge is 2.27. The number of nitrogens with zero attached hydrogens (tertiary/aromatic N) is 1. The largest absolute Gasteiger partial charge is 0.481 e. The number of anilines is 1. The van der Waals surface area contributed by atoms with E-state index in [1.807, 2.05) is 97.1 Å². The summed E-state index contributed by atoms with van der Waals surface area (Å²) in [6.45, 7) is 0.0777. The number of hydrogen-bond donors (Lipinski definition) is 2. The molecule has 0 aliphatic heterocycles. The lowest BCUT2D eigenvalue weighted by Crippen LogP contribution is -2.35. The van der Waals surface area contributed by atoms with Crippen LogP contribution in [0.2, 0.25) is 15.1 Å². The minimum Gasteiger partial charge on any atom is -0.481 e. The zero-order valence-electron chi connectivity index (χ0n) is 27.1. The molecule has 1 atom stereocenters. The topological polar surface area (TPSA) is 86.7 Å². The molecule has 6 nitrogen and oxygen atoms in total. The molecule has 0 fully saturated rings. The highest BCUT2D eigenvalue weighted by Crippen LogP contribution is 2.32. The highest BCUT2D eigenvalue weighted by molar-refractivity contribution is 6.37. The minimum atomic E-state index is -1.09. The van der Waals surface area contributed by atoms with Crippen LogP contribution in [0.1, 0.15) is 44.3 Å². The third kappa shape index (κ3) is 8.67. The molecule has 0 aliphatic carbocycles. The number of rotatable bonds is 11. The summed E-state index contributed by atoms with van der Waals surface area (Å²) in [6, 6.07) is 43.2. The summed E-state index contributed by atoms with van der Waals surface area (Å²) in [5.74, 6) is -2.17. The molecule has 0 aromatic heterocycles. The Hall–Kier alpha value is -5.40. The van der Waals surface area contributed by atoms with E-state index < -0.39 is 23.8 Å². The van der Waals surface area contributed by atoms with E-state index in [-0.39, 0.29) is 39.8 Å². The number of amides is 2. The Labute approximate surface area is 310 Å². The summed E-state index contributed by atoms with van der Waals surface area (Å²) in [4.78, 5) is 41.9. The lowest BCUT2D eigenvalue weighted by Gasteiger charge is -2.27. The average molecular weight is 734 g/mol. The molecule has 0 aliphatic rings. The molecular formula is C42H31Cl3N2O4. The standard InChI is InChI=1S/C42H31Cl3N2O4/c43-33-20-22-39(36(23-33)41(50)46-38(25-40(48)49)32-17-15-31(16-18-32)29-9-5-2-6-10-29)47(42(51)35-21-19-34(44)24-37(35)45)26-27-11-13-30(14-12-27)28-7-3-1-4-8-28/h1-24,38H,25-26H2,(H,46,50)(H,48,49). The molecule has 6 aromatic carbocycles. The molecule has 9 heteroatoms. The van der Waals surface area contributed by atoms with Crippen LogP contribution in [0.4, 0.5) is 5.69 Å². The van der Waals surface area contributed by atoms with E-state index in [0.717, 1.165) is 27.8 Å². The van der Waals surface area contributed by atoms with Gasteiger partial charge in [0.25, 0.3) is 11.8 Å². The van der Waals surface area contributed by atoms with Gasteiger partial charge in [-0.1, -0.05) is 144 Å². The third-order valence-corrected chi connectivity index (χ3v) is 9.19. The second kappa shape index (κ2) is 16.1. The van der Waals surface area contributed by atoms with Crippen LogP contribution in [0.3, 0.4) is 0 Å². The van der Waals surface area contributed by atoms with Gasteiger partial charge in [0, 0.05) is 10.0 Å². The Morgan fingerprint density at radius 1 is 0.608 bits per heavy atom. The Morgan fingerprint density at radius 2 is 1.14 bits per heavy atom. The maximum absolute atomic E-state index is 14.3.